The molecule has 0 radical (unpaired) electrons. The van der Waals surface area contributed by atoms with Gasteiger partial charge >= 0.3 is 0 Å². The molecule has 2 heteroatoms. The van der Waals surface area contributed by atoms with Crippen molar-refractivity contribution >= 4 is 0 Å². The molecule has 2 bridgehead atoms. The average Bonchev–Trinajstić information content (AvgIpc) is 2.37. The molecule has 0 aromatic carbocycles. The third-order valence-corrected chi connectivity index (χ3v) is 3.54. The van der Waals surface area contributed by atoms with E-state index in [0.717, 1.165) is 17.8 Å². The molecule has 2 saturated carbocycles. The fourth-order valence-electron chi connectivity index (χ4n) is 2.63. The Bertz CT molecular complexity index is 107. The quantitative estimate of drug-likeness (QED) is 0.352. The topological polar surface area (TPSA) is 0 Å². The zero-order valence-electron chi connectivity index (χ0n) is 7.77. The molecule has 0 amide bonds. The first-order chi connectivity index (χ1) is 4.29. The van der Waals surface area contributed by atoms with Gasteiger partial charge in [0, 0.05) is 0 Å². The minimum absolute atomic E-state index is 0. The van der Waals surface area contributed by atoms with Crippen LogP contribution < -0.4 is 0 Å². The Kier molecular flexibility index (Phi) is 1.90. The van der Waals surface area contributed by atoms with Gasteiger partial charge < -0.3 is 5.92 Å². The minimum Gasteiger partial charge on any atom is -0.311 e. The van der Waals surface area contributed by atoms with Crippen molar-refractivity contribution in [2.75, 3.05) is 0 Å². The molecule has 0 nitrogen and oxygen atoms in total. The molecular formula is C9H15Rf2-. The van der Waals surface area contributed by atoms with Crippen molar-refractivity contribution < 1.29 is 0 Å². The van der Waals surface area contributed by atoms with Crippen LogP contribution in [0.25, 0.3) is 0 Å². The summed E-state index contributed by atoms with van der Waals surface area (Å²) in [4.78, 5) is 0. The Morgan fingerprint density at radius 3 is 2.09 bits per heavy atom. The molecule has 2 rings (SSSR count). The summed E-state index contributed by atoms with van der Waals surface area (Å²) in [6, 6.07) is 0. The van der Waals surface area contributed by atoms with Crippen molar-refractivity contribution in [1.82, 2.24) is 0 Å². The molecule has 11 heavy (non-hydrogen) atoms. The monoisotopic (exact) mass is 657 g/mol. The molecule has 0 saturated heterocycles. The van der Waals surface area contributed by atoms with Gasteiger partial charge in [0.1, 0.15) is 0 Å². The van der Waals surface area contributed by atoms with Crippen molar-refractivity contribution in [3.63, 3.8) is 0 Å². The van der Waals surface area contributed by atoms with Gasteiger partial charge in [0.15, 0.2) is 0 Å². The molecule has 2 aliphatic rings. The second-order valence-electron chi connectivity index (χ2n) is 3.80. The third kappa shape index (κ3) is 0.798. The average molecular weight is 657 g/mol. The Balaban J connectivity index is 0.000000500. The maximum atomic E-state index is 2.40. The maximum Gasteiger partial charge on any atom is 0 e. The summed E-state index contributed by atoms with van der Waals surface area (Å²) < 4.78 is 0. The molecular weight excluding hydrogens is 642 g/mol. The van der Waals surface area contributed by atoms with Crippen molar-refractivity contribution in [1.29, 1.82) is 0 Å². The van der Waals surface area contributed by atoms with Gasteiger partial charge in [0.25, 0.3) is 0 Å². The summed E-state index contributed by atoms with van der Waals surface area (Å²) in [5.74, 6) is 4.87. The largest absolute Gasteiger partial charge is 0.311 e. The van der Waals surface area contributed by atoms with Gasteiger partial charge in [-0.25, -0.2) is 0 Å². The molecule has 0 heterocycles. The van der Waals surface area contributed by atoms with Crippen LogP contribution in [-0.4, -0.2) is 0 Å². The van der Waals surface area contributed by atoms with Crippen LogP contribution in [0.3, 0.4) is 0 Å². The van der Waals surface area contributed by atoms with Gasteiger partial charge in [0.2, 0.25) is 0 Å². The summed E-state index contributed by atoms with van der Waals surface area (Å²) in [6.07, 6.45) is 4.54. The smallest absolute Gasteiger partial charge is 0 e. The molecule has 2 aliphatic carbocycles. The van der Waals surface area contributed by atoms with E-state index in [2.05, 4.69) is 13.8 Å². The van der Waals surface area contributed by atoms with Crippen LogP contribution in [0.4, 0.5) is 0 Å². The van der Waals surface area contributed by atoms with E-state index in [-0.39, 0.29) is 0 Å². The van der Waals surface area contributed by atoms with E-state index in [9.17, 15) is 0 Å². The van der Waals surface area contributed by atoms with E-state index in [1.54, 1.807) is 5.92 Å². The molecule has 0 spiro atoms. The molecule has 0 aliphatic heterocycles. The van der Waals surface area contributed by atoms with Crippen LogP contribution in [0.5, 0.6) is 0 Å². The number of hydrogen-bond donors (Lipinski definition) is 0. The summed E-state index contributed by atoms with van der Waals surface area (Å²) in [7, 11) is 0. The van der Waals surface area contributed by atoms with Crippen molar-refractivity contribution in [3.05, 3.63) is 5.92 Å². The maximum absolute atomic E-state index is 2.40. The number of hydrogen-bond acceptors (Lipinski definition) is 0. The van der Waals surface area contributed by atoms with Gasteiger partial charge in [-0.2, -0.15) is 18.8 Å². The van der Waals surface area contributed by atoms with Gasteiger partial charge in [0.05, 0.1) is 0 Å². The first-order valence-corrected chi connectivity index (χ1v) is 4.12. The molecule has 2 fully saturated rings. The third-order valence-electron chi connectivity index (χ3n) is 3.54. The summed E-state index contributed by atoms with van der Waals surface area (Å²) in [5.41, 5.74) is 0. The first-order valence-electron chi connectivity index (χ1n) is 4.12. The van der Waals surface area contributed by atoms with E-state index in [1.165, 1.54) is 19.3 Å². The molecule has 0 aromatic heterocycles. The molecule has 3 atom stereocenters. The van der Waals surface area contributed by atoms with Crippen molar-refractivity contribution in [3.8, 4) is 0 Å². The SMILES string of the molecule is C[C-]1C2CCC(C2)C1C.[Rf].[Rf]. The van der Waals surface area contributed by atoms with Gasteiger partial charge in [-0.1, -0.05) is 32.1 Å². The van der Waals surface area contributed by atoms with Crippen molar-refractivity contribution in [2.45, 2.75) is 33.1 Å². The zero-order valence-corrected chi connectivity index (χ0v) is 20.6. The Hall–Kier alpha value is -2.00. The van der Waals surface area contributed by atoms with E-state index in [1.807, 2.05) is 0 Å². The van der Waals surface area contributed by atoms with Crippen molar-refractivity contribution in [2.24, 2.45) is 17.8 Å². The second-order valence-corrected chi connectivity index (χ2v) is 3.80. The summed E-state index contributed by atoms with van der Waals surface area (Å²) >= 11 is 0. The first kappa shape index (κ1) is 9.00. The fraction of sp³-hybridized carbons (Fsp3) is 0.889. The second kappa shape index (κ2) is 2.32. The Labute approximate surface area is 57.6 Å². The van der Waals surface area contributed by atoms with E-state index < -0.39 is 0 Å². The van der Waals surface area contributed by atoms with Crippen LogP contribution in [0.2, 0.25) is 0 Å². The Morgan fingerprint density at radius 2 is 1.82 bits per heavy atom. The van der Waals surface area contributed by atoms with E-state index >= 15 is 0 Å². The molecule has 56 valence electrons. The fourth-order valence-corrected chi connectivity index (χ4v) is 2.63. The molecule has 3 unspecified atom stereocenters. The molecule has 0 N–H and O–H groups in total. The summed E-state index contributed by atoms with van der Waals surface area (Å²) in [6.45, 7) is 4.76. The minimum atomic E-state index is 0. The van der Waals surface area contributed by atoms with E-state index in [4.69, 9.17) is 0 Å². The van der Waals surface area contributed by atoms with Crippen LogP contribution in [0.1, 0.15) is 33.1 Å². The standard InChI is InChI=1S/C9H15.2Rf/c1-6-7(2)9-4-3-8(6)5-9;;/h6,8-9H,3-5H2,1-2H3;;/q-1;;. The van der Waals surface area contributed by atoms with Gasteiger partial charge in [-0.3, -0.25) is 0 Å². The number of fused-ring (bicyclic) bond motifs is 2. The van der Waals surface area contributed by atoms with Crippen LogP contribution in [-0.2, 0) is 0 Å². The van der Waals surface area contributed by atoms with Gasteiger partial charge in [-0.15, -0.1) is 0 Å². The predicted octanol–water partition coefficient (Wildman–Crippen LogP) is 2.65. The summed E-state index contributed by atoms with van der Waals surface area (Å²) in [5, 5.41) is 0. The molecule has 0 aromatic rings. The van der Waals surface area contributed by atoms with Gasteiger partial charge in [-0.05, 0) is 0 Å². The number of rotatable bonds is 0. The van der Waals surface area contributed by atoms with Crippen LogP contribution in [0.15, 0.2) is 0 Å². The van der Waals surface area contributed by atoms with Crippen LogP contribution >= 0.6 is 0 Å². The zero-order chi connectivity index (χ0) is 6.43. The predicted molar refractivity (Wildman–Crippen MR) is 38.9 cm³/mol. The van der Waals surface area contributed by atoms with Crippen LogP contribution in [0, 0.1) is 23.7 Å². The normalized spacial score (nSPS) is 41.5. The Morgan fingerprint density at radius 1 is 1.18 bits per heavy atom. The van der Waals surface area contributed by atoms with E-state index in [0.29, 0.717) is 0 Å².